The average molecular weight is 347 g/mol. The summed E-state index contributed by atoms with van der Waals surface area (Å²) in [6.45, 7) is 0. The lowest BCUT2D eigenvalue weighted by molar-refractivity contribution is 1.09. The Hall–Kier alpha value is -2.98. The first-order valence-electron chi connectivity index (χ1n) is 7.89. The average Bonchev–Trinajstić information content (AvgIpc) is 2.67. The summed E-state index contributed by atoms with van der Waals surface area (Å²) in [6, 6.07) is 20.4. The van der Waals surface area contributed by atoms with Crippen molar-refractivity contribution in [1.82, 2.24) is 15.0 Å². The van der Waals surface area contributed by atoms with E-state index < -0.39 is 0 Å². The smallest absolute Gasteiger partial charge is 0.172 e. The number of nitrogens with zero attached hydrogens (tertiary/aromatic N) is 4. The highest BCUT2D eigenvalue weighted by Gasteiger charge is 2.11. The lowest BCUT2D eigenvalue weighted by atomic mass is 10.1. The largest absolute Gasteiger partial charge is 0.327 e. The van der Waals surface area contributed by atoms with Gasteiger partial charge in [0.2, 0.25) is 0 Å². The minimum absolute atomic E-state index is 0.371. The van der Waals surface area contributed by atoms with Crippen LogP contribution in [0.3, 0.4) is 0 Å². The molecule has 2 aromatic carbocycles. The van der Waals surface area contributed by atoms with Crippen molar-refractivity contribution in [3.63, 3.8) is 0 Å². The number of pyridine rings is 1. The number of aromatic nitrogens is 3. The second kappa shape index (κ2) is 6.49. The van der Waals surface area contributed by atoms with Crippen LogP contribution in [0.25, 0.3) is 22.2 Å². The molecule has 122 valence electrons. The number of hydrogen-bond donors (Lipinski definition) is 0. The molecule has 0 unspecified atom stereocenters. The molecule has 0 aliphatic heterocycles. The van der Waals surface area contributed by atoms with E-state index in [-0.39, 0.29) is 0 Å². The van der Waals surface area contributed by atoms with Crippen molar-refractivity contribution in [3.8, 4) is 11.3 Å². The normalized spacial score (nSPS) is 10.8. The molecule has 0 saturated carbocycles. The predicted octanol–water partition coefficient (Wildman–Crippen LogP) is 5.11. The summed E-state index contributed by atoms with van der Waals surface area (Å²) in [7, 11) is 1.91. The third kappa shape index (κ3) is 3.04. The zero-order valence-electron chi connectivity index (χ0n) is 13.6. The Morgan fingerprint density at radius 1 is 0.880 bits per heavy atom. The summed E-state index contributed by atoms with van der Waals surface area (Å²) in [5.41, 5.74) is 3.92. The molecule has 0 amide bonds. The van der Waals surface area contributed by atoms with Crippen molar-refractivity contribution < 1.29 is 0 Å². The molecule has 0 atom stereocenters. The van der Waals surface area contributed by atoms with Gasteiger partial charge in [-0.2, -0.15) is 0 Å². The fraction of sp³-hybridized carbons (Fsp3) is 0.0500. The number of benzene rings is 2. The second-order valence-corrected chi connectivity index (χ2v) is 6.03. The van der Waals surface area contributed by atoms with E-state index in [4.69, 9.17) is 16.6 Å². The first-order chi connectivity index (χ1) is 12.2. The number of rotatable bonds is 3. The van der Waals surface area contributed by atoms with Crippen LogP contribution in [0.2, 0.25) is 5.15 Å². The van der Waals surface area contributed by atoms with Gasteiger partial charge < -0.3 is 4.90 Å². The molecule has 4 rings (SSSR count). The molecule has 4 nitrogen and oxygen atoms in total. The van der Waals surface area contributed by atoms with Gasteiger partial charge in [0, 0.05) is 36.1 Å². The summed E-state index contributed by atoms with van der Waals surface area (Å²) < 4.78 is 0. The lowest BCUT2D eigenvalue weighted by Gasteiger charge is -2.19. The highest BCUT2D eigenvalue weighted by Crippen LogP contribution is 2.29. The van der Waals surface area contributed by atoms with Gasteiger partial charge in [0.05, 0.1) is 11.2 Å². The third-order valence-electron chi connectivity index (χ3n) is 4.09. The van der Waals surface area contributed by atoms with E-state index in [9.17, 15) is 0 Å². The SMILES string of the molecule is CN(c1ccc2ccc(-c3ccccc3)nc2c1)c1nccnc1Cl. The molecule has 2 aromatic heterocycles. The summed E-state index contributed by atoms with van der Waals surface area (Å²) in [5, 5.41) is 1.46. The van der Waals surface area contributed by atoms with Crippen LogP contribution in [0.5, 0.6) is 0 Å². The van der Waals surface area contributed by atoms with Crippen molar-refractivity contribution in [3.05, 3.63) is 78.2 Å². The topological polar surface area (TPSA) is 41.9 Å². The highest BCUT2D eigenvalue weighted by atomic mass is 35.5. The minimum atomic E-state index is 0.371. The maximum atomic E-state index is 6.16. The van der Waals surface area contributed by atoms with Crippen molar-refractivity contribution >= 4 is 34.0 Å². The van der Waals surface area contributed by atoms with Crippen LogP contribution < -0.4 is 4.90 Å². The van der Waals surface area contributed by atoms with E-state index in [1.54, 1.807) is 12.4 Å². The molecule has 0 fully saturated rings. The molecular weight excluding hydrogens is 332 g/mol. The summed E-state index contributed by atoms with van der Waals surface area (Å²) in [5.74, 6) is 0.614. The Morgan fingerprint density at radius 3 is 2.44 bits per heavy atom. The summed E-state index contributed by atoms with van der Waals surface area (Å²) in [6.07, 6.45) is 3.21. The molecule has 0 radical (unpaired) electrons. The quantitative estimate of drug-likeness (QED) is 0.516. The van der Waals surface area contributed by atoms with Crippen LogP contribution >= 0.6 is 11.6 Å². The monoisotopic (exact) mass is 346 g/mol. The van der Waals surface area contributed by atoms with Crippen molar-refractivity contribution in [2.24, 2.45) is 0 Å². The molecular formula is C20H15ClN4. The van der Waals surface area contributed by atoms with Gasteiger partial charge in [-0.25, -0.2) is 15.0 Å². The minimum Gasteiger partial charge on any atom is -0.327 e. The maximum Gasteiger partial charge on any atom is 0.172 e. The molecule has 0 saturated heterocycles. The number of fused-ring (bicyclic) bond motifs is 1. The van der Waals surface area contributed by atoms with Gasteiger partial charge in [0.15, 0.2) is 11.0 Å². The van der Waals surface area contributed by atoms with Gasteiger partial charge in [-0.15, -0.1) is 0 Å². The van der Waals surface area contributed by atoms with Gasteiger partial charge in [0.1, 0.15) is 0 Å². The summed E-state index contributed by atoms with van der Waals surface area (Å²) >= 11 is 6.16. The zero-order chi connectivity index (χ0) is 17.2. The van der Waals surface area contributed by atoms with E-state index in [0.29, 0.717) is 11.0 Å². The third-order valence-corrected chi connectivity index (χ3v) is 4.35. The van der Waals surface area contributed by atoms with Gasteiger partial charge in [-0.3, -0.25) is 0 Å². The molecule has 0 aliphatic rings. The van der Waals surface area contributed by atoms with Gasteiger partial charge in [-0.1, -0.05) is 54.1 Å². The first kappa shape index (κ1) is 15.5. The van der Waals surface area contributed by atoms with Crippen LogP contribution in [0, 0.1) is 0 Å². The summed E-state index contributed by atoms with van der Waals surface area (Å²) in [4.78, 5) is 15.1. The predicted molar refractivity (Wildman–Crippen MR) is 102 cm³/mol. The Kier molecular flexibility index (Phi) is 4.04. The number of halogens is 1. The lowest BCUT2D eigenvalue weighted by Crippen LogP contribution is -2.12. The van der Waals surface area contributed by atoms with Gasteiger partial charge in [0.25, 0.3) is 0 Å². The van der Waals surface area contributed by atoms with E-state index >= 15 is 0 Å². The Labute approximate surface area is 150 Å². The van der Waals surface area contributed by atoms with Crippen LogP contribution in [0.4, 0.5) is 11.5 Å². The zero-order valence-corrected chi connectivity index (χ0v) is 14.4. The Morgan fingerprint density at radius 2 is 1.64 bits per heavy atom. The van der Waals surface area contributed by atoms with E-state index in [1.807, 2.05) is 54.4 Å². The van der Waals surface area contributed by atoms with Crippen LogP contribution in [-0.4, -0.2) is 22.0 Å². The molecule has 0 N–H and O–H groups in total. The molecule has 0 bridgehead atoms. The van der Waals surface area contributed by atoms with Gasteiger partial charge in [-0.05, 0) is 18.2 Å². The molecule has 2 heterocycles. The maximum absolute atomic E-state index is 6.16. The van der Waals surface area contributed by atoms with Crippen LogP contribution in [-0.2, 0) is 0 Å². The van der Waals surface area contributed by atoms with E-state index in [0.717, 1.165) is 27.8 Å². The number of anilines is 2. The van der Waals surface area contributed by atoms with Crippen molar-refractivity contribution in [2.75, 3.05) is 11.9 Å². The second-order valence-electron chi connectivity index (χ2n) is 5.67. The Balaban J connectivity index is 1.78. The molecule has 0 spiro atoms. The highest BCUT2D eigenvalue weighted by molar-refractivity contribution is 6.31. The van der Waals surface area contributed by atoms with Crippen LogP contribution in [0.1, 0.15) is 0 Å². The van der Waals surface area contributed by atoms with Crippen LogP contribution in [0.15, 0.2) is 73.1 Å². The van der Waals surface area contributed by atoms with Gasteiger partial charge >= 0.3 is 0 Å². The molecule has 25 heavy (non-hydrogen) atoms. The molecule has 5 heteroatoms. The van der Waals surface area contributed by atoms with E-state index in [2.05, 4.69) is 28.2 Å². The first-order valence-corrected chi connectivity index (χ1v) is 8.26. The molecule has 0 aliphatic carbocycles. The fourth-order valence-electron chi connectivity index (χ4n) is 2.74. The Bertz CT molecular complexity index is 1030. The molecule has 4 aromatic rings. The van der Waals surface area contributed by atoms with Crippen molar-refractivity contribution in [2.45, 2.75) is 0 Å². The van der Waals surface area contributed by atoms with Crippen molar-refractivity contribution in [1.29, 1.82) is 0 Å². The standard InChI is InChI=1S/C20H15ClN4/c1-25(20-19(21)22-11-12-23-20)16-9-7-15-8-10-17(24-18(15)13-16)14-5-3-2-4-6-14/h2-13H,1H3. The fourth-order valence-corrected chi connectivity index (χ4v) is 2.98. The van der Waals surface area contributed by atoms with E-state index in [1.165, 1.54) is 0 Å². The number of hydrogen-bond acceptors (Lipinski definition) is 4.